The lowest BCUT2D eigenvalue weighted by molar-refractivity contribution is -0.163. The molecule has 0 saturated carbocycles. The smallest absolute Gasteiger partial charge is 0.410 e. The van der Waals surface area contributed by atoms with Gasteiger partial charge in [0.15, 0.2) is 0 Å². The molecular weight excluding hydrogens is 438 g/mol. The summed E-state index contributed by atoms with van der Waals surface area (Å²) in [6, 6.07) is 0. The number of nitrogens with zero attached hydrogens (tertiary/aromatic N) is 5. The van der Waals surface area contributed by atoms with Gasteiger partial charge >= 0.3 is 6.09 Å². The molecule has 1 aromatic heterocycles. The van der Waals surface area contributed by atoms with E-state index in [1.54, 1.807) is 17.3 Å². The fourth-order valence-corrected chi connectivity index (χ4v) is 4.38. The summed E-state index contributed by atoms with van der Waals surface area (Å²) in [7, 11) is 1.50. The fraction of sp³-hybridized carbons (Fsp3) is 0.750. The SMILES string of the molecule is COOSN1CCN(c2cnc(OCC3CCN(C(=O)O[C@H]4CCOC4)CC3)cn2)CC1. The first-order valence-electron chi connectivity index (χ1n) is 11.1. The number of likely N-dealkylation sites (tertiary alicyclic amines) is 1. The topological polar surface area (TPSA) is 98.7 Å². The van der Waals surface area contributed by atoms with Gasteiger partial charge in [0.2, 0.25) is 5.88 Å². The van der Waals surface area contributed by atoms with Gasteiger partial charge in [-0.25, -0.2) is 24.0 Å². The number of anilines is 1. The summed E-state index contributed by atoms with van der Waals surface area (Å²) >= 11 is 1.22. The van der Waals surface area contributed by atoms with Crippen LogP contribution in [-0.2, 0) is 18.7 Å². The molecule has 0 aromatic carbocycles. The monoisotopic (exact) mass is 469 g/mol. The van der Waals surface area contributed by atoms with E-state index in [0.717, 1.165) is 51.3 Å². The largest absolute Gasteiger partial charge is 0.476 e. The van der Waals surface area contributed by atoms with Gasteiger partial charge in [0.1, 0.15) is 24.2 Å². The number of carbonyl (C=O) groups excluding carboxylic acids is 1. The average molecular weight is 470 g/mol. The Kier molecular flexibility index (Phi) is 8.62. The number of hydrogen-bond acceptors (Lipinski definition) is 11. The molecule has 0 spiro atoms. The van der Waals surface area contributed by atoms with Gasteiger partial charge in [-0.2, -0.15) is 0 Å². The summed E-state index contributed by atoms with van der Waals surface area (Å²) in [6.45, 7) is 6.48. The third-order valence-electron chi connectivity index (χ3n) is 5.88. The van der Waals surface area contributed by atoms with E-state index >= 15 is 0 Å². The van der Waals surface area contributed by atoms with E-state index < -0.39 is 0 Å². The Labute approximate surface area is 192 Å². The summed E-state index contributed by atoms with van der Waals surface area (Å²) < 4.78 is 23.6. The second-order valence-electron chi connectivity index (χ2n) is 8.05. The summed E-state index contributed by atoms with van der Waals surface area (Å²) in [5.74, 6) is 1.75. The Morgan fingerprint density at radius 2 is 1.94 bits per heavy atom. The van der Waals surface area contributed by atoms with Crippen LogP contribution in [0.1, 0.15) is 19.3 Å². The molecule has 1 atom stereocenters. The second kappa shape index (κ2) is 11.8. The van der Waals surface area contributed by atoms with Crippen LogP contribution in [0, 0.1) is 5.92 Å². The van der Waals surface area contributed by atoms with E-state index in [1.807, 2.05) is 0 Å². The highest BCUT2D eigenvalue weighted by atomic mass is 32.2. The molecule has 1 aromatic rings. The Bertz CT molecular complexity index is 707. The molecule has 0 aliphatic carbocycles. The number of aromatic nitrogens is 2. The van der Waals surface area contributed by atoms with E-state index in [-0.39, 0.29) is 12.2 Å². The van der Waals surface area contributed by atoms with Gasteiger partial charge in [-0.15, -0.1) is 4.33 Å². The lowest BCUT2D eigenvalue weighted by Crippen LogP contribution is -2.43. The predicted molar refractivity (Wildman–Crippen MR) is 117 cm³/mol. The van der Waals surface area contributed by atoms with Gasteiger partial charge in [-0.3, -0.25) is 0 Å². The van der Waals surface area contributed by atoms with Crippen LogP contribution >= 0.6 is 12.2 Å². The van der Waals surface area contributed by atoms with Gasteiger partial charge in [-0.1, -0.05) is 0 Å². The molecule has 0 N–H and O–H groups in total. The minimum absolute atomic E-state index is 0.0995. The number of rotatable bonds is 8. The molecule has 12 heteroatoms. The van der Waals surface area contributed by atoms with Crippen LogP contribution in [0.3, 0.4) is 0 Å². The highest BCUT2D eigenvalue weighted by Gasteiger charge is 2.27. The molecule has 3 aliphatic rings. The minimum Gasteiger partial charge on any atom is -0.476 e. The lowest BCUT2D eigenvalue weighted by Gasteiger charge is -2.33. The van der Waals surface area contributed by atoms with Gasteiger partial charge in [0.05, 0.1) is 39.3 Å². The van der Waals surface area contributed by atoms with Crippen molar-refractivity contribution in [3.05, 3.63) is 12.4 Å². The number of piperidine rings is 1. The Hall–Kier alpha value is -1.86. The zero-order valence-electron chi connectivity index (χ0n) is 18.4. The molecular formula is C20H31N5O6S. The van der Waals surface area contributed by atoms with E-state index in [0.29, 0.717) is 44.7 Å². The standard InChI is InChI=1S/C20H31N5O6S/c1-27-31-32-25-9-7-23(8-10-25)18-12-22-19(13-21-18)29-14-16-2-5-24(6-3-16)20(26)30-17-4-11-28-15-17/h12-13,16-17H,2-11,14-15H2,1H3/t17-/m0/s1. The number of carbonyl (C=O) groups is 1. The minimum atomic E-state index is -0.230. The summed E-state index contributed by atoms with van der Waals surface area (Å²) in [6.07, 6.45) is 5.67. The van der Waals surface area contributed by atoms with Gasteiger partial charge in [0, 0.05) is 45.7 Å². The summed E-state index contributed by atoms with van der Waals surface area (Å²) in [4.78, 5) is 29.8. The quantitative estimate of drug-likeness (QED) is 0.241. The second-order valence-corrected chi connectivity index (χ2v) is 8.85. The normalized spacial score (nSPS) is 22.8. The van der Waals surface area contributed by atoms with Crippen LogP contribution in [0.25, 0.3) is 0 Å². The molecule has 1 amide bonds. The molecule has 3 saturated heterocycles. The number of piperazine rings is 1. The summed E-state index contributed by atoms with van der Waals surface area (Å²) in [5.41, 5.74) is 0. The van der Waals surface area contributed by atoms with E-state index in [9.17, 15) is 4.79 Å². The van der Waals surface area contributed by atoms with Crippen LogP contribution in [0.5, 0.6) is 5.88 Å². The van der Waals surface area contributed by atoms with Crippen molar-refractivity contribution in [1.82, 2.24) is 19.2 Å². The molecule has 0 unspecified atom stereocenters. The van der Waals surface area contributed by atoms with Crippen LogP contribution in [0.2, 0.25) is 0 Å². The van der Waals surface area contributed by atoms with Crippen molar-refractivity contribution in [3.8, 4) is 5.88 Å². The summed E-state index contributed by atoms with van der Waals surface area (Å²) in [5, 5.41) is 0. The highest BCUT2D eigenvalue weighted by Crippen LogP contribution is 2.22. The van der Waals surface area contributed by atoms with E-state index in [2.05, 4.69) is 24.1 Å². The van der Waals surface area contributed by atoms with Gasteiger partial charge in [0.25, 0.3) is 0 Å². The molecule has 3 aliphatic heterocycles. The maximum absolute atomic E-state index is 12.2. The predicted octanol–water partition coefficient (Wildman–Crippen LogP) is 1.76. The molecule has 0 bridgehead atoms. The van der Waals surface area contributed by atoms with Crippen LogP contribution in [0.4, 0.5) is 10.6 Å². The zero-order chi connectivity index (χ0) is 22.2. The van der Waals surface area contributed by atoms with E-state index in [1.165, 1.54) is 19.3 Å². The first-order chi connectivity index (χ1) is 15.7. The van der Waals surface area contributed by atoms with Crippen molar-refractivity contribution in [3.63, 3.8) is 0 Å². The number of amides is 1. The van der Waals surface area contributed by atoms with Crippen molar-refractivity contribution in [1.29, 1.82) is 0 Å². The first-order valence-corrected chi connectivity index (χ1v) is 11.8. The van der Waals surface area contributed by atoms with Gasteiger partial charge in [-0.05, 0) is 18.8 Å². The van der Waals surface area contributed by atoms with Crippen molar-refractivity contribution < 1.29 is 28.2 Å². The van der Waals surface area contributed by atoms with Crippen molar-refractivity contribution in [2.45, 2.75) is 25.4 Å². The zero-order valence-corrected chi connectivity index (χ0v) is 19.2. The Morgan fingerprint density at radius 3 is 2.59 bits per heavy atom. The first kappa shape index (κ1) is 23.3. The van der Waals surface area contributed by atoms with Crippen LogP contribution in [0.15, 0.2) is 12.4 Å². The van der Waals surface area contributed by atoms with Gasteiger partial charge < -0.3 is 24.0 Å². The van der Waals surface area contributed by atoms with Crippen molar-refractivity contribution in [2.75, 3.05) is 71.1 Å². The number of ether oxygens (including phenoxy) is 3. The molecule has 11 nitrogen and oxygen atoms in total. The fourth-order valence-electron chi connectivity index (χ4n) is 3.92. The molecule has 3 fully saturated rings. The highest BCUT2D eigenvalue weighted by molar-refractivity contribution is 7.92. The average Bonchev–Trinajstić information content (AvgIpc) is 3.35. The van der Waals surface area contributed by atoms with E-state index in [4.69, 9.17) is 18.5 Å². The lowest BCUT2D eigenvalue weighted by atomic mass is 9.98. The molecule has 32 heavy (non-hydrogen) atoms. The molecule has 0 radical (unpaired) electrons. The molecule has 4 heterocycles. The maximum atomic E-state index is 12.2. The third-order valence-corrected chi connectivity index (χ3v) is 6.65. The number of hydrogen-bond donors (Lipinski definition) is 0. The van der Waals surface area contributed by atoms with Crippen molar-refractivity contribution >= 4 is 24.1 Å². The van der Waals surface area contributed by atoms with Crippen LogP contribution in [-0.4, -0.2) is 97.6 Å². The third kappa shape index (κ3) is 6.58. The van der Waals surface area contributed by atoms with Crippen LogP contribution < -0.4 is 9.64 Å². The van der Waals surface area contributed by atoms with Crippen molar-refractivity contribution in [2.24, 2.45) is 5.92 Å². The maximum Gasteiger partial charge on any atom is 0.410 e. The Morgan fingerprint density at radius 1 is 1.12 bits per heavy atom. The molecule has 178 valence electrons. The Balaban J connectivity index is 1.14. The molecule has 4 rings (SSSR count).